The molecule has 0 spiro atoms. The zero-order valence-corrected chi connectivity index (χ0v) is 14.7. The fraction of sp³-hybridized carbons (Fsp3) is 0.909. The van der Waals surface area contributed by atoms with Crippen LogP contribution in [-0.2, 0) is 8.85 Å². The zero-order valence-electron chi connectivity index (χ0n) is 11.8. The molecule has 16 heavy (non-hydrogen) atoms. The van der Waals surface area contributed by atoms with E-state index < -0.39 is 0 Å². The molecule has 0 aliphatic heterocycles. The van der Waals surface area contributed by atoms with Gasteiger partial charge in [-0.2, -0.15) is 6.42 Å². The van der Waals surface area contributed by atoms with Crippen LogP contribution in [0.3, 0.4) is 0 Å². The van der Waals surface area contributed by atoms with Crippen LogP contribution in [0.15, 0.2) is 0 Å². The van der Waals surface area contributed by atoms with Crippen LogP contribution < -0.4 is 18.9 Å². The molecule has 0 aliphatic rings. The van der Waals surface area contributed by atoms with E-state index in [1.807, 2.05) is 0 Å². The van der Waals surface area contributed by atoms with E-state index in [1.165, 1.54) is 19.3 Å². The summed E-state index contributed by atoms with van der Waals surface area (Å²) in [6, 6.07) is 0. The Morgan fingerprint density at radius 3 is 2.00 bits per heavy atom. The molecule has 0 aromatic rings. The second-order valence-electron chi connectivity index (χ2n) is 4.54. The van der Waals surface area contributed by atoms with Crippen LogP contribution in [0.4, 0.5) is 0 Å². The minimum absolute atomic E-state index is 0. The second-order valence-corrected chi connectivity index (χ2v) is 6.36. The zero-order chi connectivity index (χ0) is 11.7. The van der Waals surface area contributed by atoms with Gasteiger partial charge in [-0.05, 0) is 6.42 Å². The summed E-state index contributed by atoms with van der Waals surface area (Å²) in [5.41, 5.74) is 0.168. The summed E-state index contributed by atoms with van der Waals surface area (Å²) < 4.78 is 11.6. The molecule has 0 bridgehead atoms. The Labute approximate surface area is 118 Å². The summed E-state index contributed by atoms with van der Waals surface area (Å²) in [5.74, 6) is 0. The Bertz CT molecular complexity index is 151. The Morgan fingerprint density at radius 2 is 1.62 bits per heavy atom. The monoisotopic (exact) mass is 254 g/mol. The van der Waals surface area contributed by atoms with Crippen molar-refractivity contribution in [3.05, 3.63) is 6.92 Å². The first-order chi connectivity index (χ1) is 7.08. The van der Waals surface area contributed by atoms with Crippen molar-refractivity contribution in [1.82, 2.24) is 0 Å². The number of hydrogen-bond donors (Lipinski definition) is 0. The van der Waals surface area contributed by atoms with Gasteiger partial charge in [0.2, 0.25) is 0 Å². The van der Waals surface area contributed by atoms with Crippen molar-refractivity contribution in [2.75, 3.05) is 0 Å². The summed E-state index contributed by atoms with van der Waals surface area (Å²) in [6.45, 7) is 12.7. The smallest absolute Gasteiger partial charge is 0.400 e. The molecule has 0 saturated heterocycles. The topological polar surface area (TPSA) is 18.5 Å². The first kappa shape index (κ1) is 19.3. The van der Waals surface area contributed by atoms with Crippen molar-refractivity contribution in [2.45, 2.75) is 58.9 Å². The van der Waals surface area contributed by atoms with Crippen LogP contribution in [0.5, 0.6) is 0 Å². The molecule has 0 aromatic carbocycles. The third kappa shape index (κ3) is 8.10. The van der Waals surface area contributed by atoms with E-state index in [9.17, 15) is 0 Å². The van der Waals surface area contributed by atoms with E-state index in [4.69, 9.17) is 8.85 Å². The summed E-state index contributed by atoms with van der Waals surface area (Å²) in [6.07, 6.45) is 4.71. The normalized spacial score (nSPS) is 14.8. The quantitative estimate of drug-likeness (QED) is 0.228. The minimum atomic E-state index is -0.377. The predicted molar refractivity (Wildman–Crippen MR) is 72.4 cm³/mol. The van der Waals surface area contributed by atoms with Crippen LogP contribution in [0.25, 0.3) is 0 Å². The van der Waals surface area contributed by atoms with E-state index in [0.29, 0.717) is 0 Å². The second kappa shape index (κ2) is 11.1. The van der Waals surface area contributed by atoms with Gasteiger partial charge in [-0.1, -0.05) is 39.8 Å². The third-order valence-electron chi connectivity index (χ3n) is 2.60. The standard InChI is InChI=1S/C11H27O2Si2.Li/c1-6-7-8-9-11(2,3)10(12-14-4)13-15-5;/h10H,1,6-9,14-15H2,2-5H3;/q-1;+1. The maximum absolute atomic E-state index is 5.81. The van der Waals surface area contributed by atoms with Gasteiger partial charge < -0.3 is 15.8 Å². The number of rotatable bonds is 9. The molecule has 0 heterocycles. The molecule has 0 aromatic heterocycles. The SMILES string of the molecule is [CH2-]CCCCC(C)(C)C(O[SiH2]C)O[SiH2]C.[Li+]. The Hall–Kier alpha value is 0.951. The van der Waals surface area contributed by atoms with Crippen molar-refractivity contribution in [3.8, 4) is 0 Å². The average Bonchev–Trinajstić information content (AvgIpc) is 2.18. The summed E-state index contributed by atoms with van der Waals surface area (Å²) >= 11 is 0. The average molecular weight is 254 g/mol. The Morgan fingerprint density at radius 1 is 1.12 bits per heavy atom. The van der Waals surface area contributed by atoms with Gasteiger partial charge in [-0.15, -0.1) is 0 Å². The molecule has 0 atom stereocenters. The molecule has 2 nitrogen and oxygen atoms in total. The maximum Gasteiger partial charge on any atom is 1.00 e. The van der Waals surface area contributed by atoms with Gasteiger partial charge in [0.05, 0.1) is 0 Å². The first-order valence-corrected chi connectivity index (χ1v) is 10.1. The van der Waals surface area contributed by atoms with Gasteiger partial charge in [0, 0.05) is 5.41 Å². The van der Waals surface area contributed by atoms with Crippen LogP contribution in [-0.4, -0.2) is 25.8 Å². The van der Waals surface area contributed by atoms with Crippen LogP contribution in [0, 0.1) is 12.3 Å². The molecule has 5 heteroatoms. The van der Waals surface area contributed by atoms with Gasteiger partial charge in [0.15, 0.2) is 19.5 Å². The van der Waals surface area contributed by atoms with Crippen LogP contribution in [0.2, 0.25) is 13.1 Å². The largest absolute Gasteiger partial charge is 1.00 e. The number of unbranched alkanes of at least 4 members (excludes halogenated alkanes) is 2. The fourth-order valence-electron chi connectivity index (χ4n) is 1.68. The molecule has 92 valence electrons. The molecular formula is C11H27LiO2Si2. The minimum Gasteiger partial charge on any atom is -0.400 e. The maximum atomic E-state index is 5.81. The van der Waals surface area contributed by atoms with E-state index >= 15 is 0 Å². The van der Waals surface area contributed by atoms with Crippen molar-refractivity contribution >= 4 is 19.5 Å². The summed E-state index contributed by atoms with van der Waals surface area (Å²) in [7, 11) is -0.754. The van der Waals surface area contributed by atoms with Crippen molar-refractivity contribution in [1.29, 1.82) is 0 Å². The van der Waals surface area contributed by atoms with Crippen molar-refractivity contribution < 1.29 is 27.7 Å². The van der Waals surface area contributed by atoms with Gasteiger partial charge in [-0.25, -0.2) is 0 Å². The molecule has 0 saturated carbocycles. The molecule has 0 amide bonds. The first-order valence-electron chi connectivity index (χ1n) is 6.11. The summed E-state index contributed by atoms with van der Waals surface area (Å²) in [4.78, 5) is 0. The summed E-state index contributed by atoms with van der Waals surface area (Å²) in [5, 5.41) is 0. The van der Waals surface area contributed by atoms with Crippen LogP contribution in [0.1, 0.15) is 39.5 Å². The molecule has 0 rings (SSSR count). The molecular weight excluding hydrogens is 227 g/mol. The molecule has 0 N–H and O–H groups in total. The van der Waals surface area contributed by atoms with Gasteiger partial charge in [-0.3, -0.25) is 0 Å². The molecule has 0 aliphatic carbocycles. The van der Waals surface area contributed by atoms with Gasteiger partial charge in [0.25, 0.3) is 0 Å². The van der Waals surface area contributed by atoms with Crippen molar-refractivity contribution in [3.63, 3.8) is 0 Å². The predicted octanol–water partition coefficient (Wildman–Crippen LogP) is -0.966. The third-order valence-corrected chi connectivity index (χ3v) is 3.87. The molecule has 0 unspecified atom stereocenters. The van der Waals surface area contributed by atoms with E-state index in [0.717, 1.165) is 6.42 Å². The van der Waals surface area contributed by atoms with E-state index in [2.05, 4.69) is 33.9 Å². The molecule has 0 radical (unpaired) electrons. The number of hydrogen-bond acceptors (Lipinski definition) is 2. The van der Waals surface area contributed by atoms with Gasteiger partial charge in [0.1, 0.15) is 6.29 Å². The fourth-order valence-corrected chi connectivity index (χ4v) is 3.57. The Kier molecular flexibility index (Phi) is 13.3. The van der Waals surface area contributed by atoms with Gasteiger partial charge >= 0.3 is 18.9 Å². The molecule has 0 fully saturated rings. The van der Waals surface area contributed by atoms with Crippen molar-refractivity contribution in [2.24, 2.45) is 5.41 Å². The van der Waals surface area contributed by atoms with E-state index in [1.54, 1.807) is 0 Å². The van der Waals surface area contributed by atoms with E-state index in [-0.39, 0.29) is 50.1 Å². The van der Waals surface area contributed by atoms with Crippen LogP contribution >= 0.6 is 0 Å². The Balaban J connectivity index is 0.